The summed E-state index contributed by atoms with van der Waals surface area (Å²) in [7, 11) is 1.91. The van der Waals surface area contributed by atoms with Crippen molar-refractivity contribution >= 4 is 11.6 Å². The number of nitrogens with zero attached hydrogens (tertiary/aromatic N) is 6. The third-order valence-corrected chi connectivity index (χ3v) is 4.78. The third kappa shape index (κ3) is 3.32. The number of aromatic nitrogens is 4. The molecule has 2 aromatic heterocycles. The number of aryl methyl sites for hydroxylation is 3. The Morgan fingerprint density at radius 2 is 2.23 bits per heavy atom. The monoisotopic (exact) mass is 361 g/mol. The molecule has 2 aromatic rings. The molecule has 1 unspecified atom stereocenters. The maximum absolute atomic E-state index is 12.8. The first-order valence-electron chi connectivity index (χ1n) is 8.56. The SMILES string of the molecule is Cc1nn(CCC(=O)N2CCNCC2c2nccn2C)c(C)c1[N+](=O)[O-]. The van der Waals surface area contributed by atoms with Crippen molar-refractivity contribution in [3.05, 3.63) is 39.7 Å². The highest BCUT2D eigenvalue weighted by atomic mass is 16.6. The molecule has 26 heavy (non-hydrogen) atoms. The number of nitrogens with one attached hydrogen (secondary N) is 1. The summed E-state index contributed by atoms with van der Waals surface area (Å²) in [4.78, 5) is 29.7. The smallest absolute Gasteiger partial charge is 0.312 e. The molecule has 1 amide bonds. The number of nitro groups is 1. The first-order chi connectivity index (χ1) is 12.4. The van der Waals surface area contributed by atoms with E-state index in [1.54, 1.807) is 24.7 Å². The van der Waals surface area contributed by atoms with E-state index < -0.39 is 4.92 Å². The quantitative estimate of drug-likeness (QED) is 0.620. The van der Waals surface area contributed by atoms with Crippen LogP contribution in [0.1, 0.15) is 29.7 Å². The Bertz CT molecular complexity index is 826. The Morgan fingerprint density at radius 3 is 2.85 bits per heavy atom. The minimum Gasteiger partial charge on any atom is -0.336 e. The van der Waals surface area contributed by atoms with Gasteiger partial charge in [-0.05, 0) is 13.8 Å². The second-order valence-corrected chi connectivity index (χ2v) is 6.45. The predicted molar refractivity (Wildman–Crippen MR) is 93.5 cm³/mol. The van der Waals surface area contributed by atoms with Crippen LogP contribution in [0.3, 0.4) is 0 Å². The Labute approximate surface area is 151 Å². The number of carbonyl (C=O) groups is 1. The van der Waals surface area contributed by atoms with Gasteiger partial charge in [0.05, 0.1) is 11.5 Å². The van der Waals surface area contributed by atoms with E-state index in [0.717, 1.165) is 12.4 Å². The molecule has 1 aliphatic rings. The minimum absolute atomic E-state index is 0.00490. The molecule has 10 heteroatoms. The van der Waals surface area contributed by atoms with Crippen molar-refractivity contribution in [3.8, 4) is 0 Å². The number of hydrogen-bond donors (Lipinski definition) is 1. The Morgan fingerprint density at radius 1 is 1.46 bits per heavy atom. The fraction of sp³-hybridized carbons (Fsp3) is 0.562. The largest absolute Gasteiger partial charge is 0.336 e. The van der Waals surface area contributed by atoms with E-state index in [4.69, 9.17) is 0 Å². The molecule has 3 rings (SSSR count). The average Bonchev–Trinajstić information content (AvgIpc) is 3.15. The van der Waals surface area contributed by atoms with Crippen LogP contribution in [0, 0.1) is 24.0 Å². The van der Waals surface area contributed by atoms with E-state index in [1.165, 1.54) is 0 Å². The second-order valence-electron chi connectivity index (χ2n) is 6.45. The van der Waals surface area contributed by atoms with Crippen molar-refractivity contribution in [1.82, 2.24) is 29.5 Å². The molecule has 0 aromatic carbocycles. The molecule has 0 spiro atoms. The zero-order valence-electron chi connectivity index (χ0n) is 15.2. The summed E-state index contributed by atoms with van der Waals surface area (Å²) in [5.74, 6) is 0.835. The topological polar surface area (TPSA) is 111 Å². The van der Waals surface area contributed by atoms with Crippen molar-refractivity contribution < 1.29 is 9.72 Å². The van der Waals surface area contributed by atoms with Crippen LogP contribution in [-0.2, 0) is 18.4 Å². The van der Waals surface area contributed by atoms with Crippen LogP contribution >= 0.6 is 0 Å². The van der Waals surface area contributed by atoms with Crippen LogP contribution in [-0.4, -0.2) is 54.7 Å². The van der Waals surface area contributed by atoms with E-state index in [-0.39, 0.29) is 24.1 Å². The van der Waals surface area contributed by atoms with Crippen LogP contribution in [0.2, 0.25) is 0 Å². The van der Waals surface area contributed by atoms with Crippen molar-refractivity contribution in [2.45, 2.75) is 32.9 Å². The molecule has 0 radical (unpaired) electrons. The highest BCUT2D eigenvalue weighted by Crippen LogP contribution is 2.24. The standard InChI is InChI=1S/C16H23N7O3/c1-11-15(23(25)26)12(2)22(19-11)7-4-14(24)21-9-5-17-10-13(21)16-18-6-8-20(16)3/h6,8,13,17H,4-5,7,9-10H2,1-3H3. The van der Waals surface area contributed by atoms with Crippen LogP contribution in [0.25, 0.3) is 0 Å². The zero-order valence-corrected chi connectivity index (χ0v) is 15.2. The molecule has 0 bridgehead atoms. The fourth-order valence-corrected chi connectivity index (χ4v) is 3.45. The van der Waals surface area contributed by atoms with E-state index in [0.29, 0.717) is 31.0 Å². The molecule has 10 nitrogen and oxygen atoms in total. The average molecular weight is 361 g/mol. The van der Waals surface area contributed by atoms with Crippen LogP contribution in [0.5, 0.6) is 0 Å². The van der Waals surface area contributed by atoms with Crippen LogP contribution in [0.4, 0.5) is 5.69 Å². The van der Waals surface area contributed by atoms with Crippen molar-refractivity contribution in [2.75, 3.05) is 19.6 Å². The summed E-state index contributed by atoms with van der Waals surface area (Å²) in [6.45, 7) is 5.57. The van der Waals surface area contributed by atoms with E-state index in [1.807, 2.05) is 22.7 Å². The summed E-state index contributed by atoms with van der Waals surface area (Å²) in [5.41, 5.74) is 0.861. The zero-order chi connectivity index (χ0) is 18.8. The summed E-state index contributed by atoms with van der Waals surface area (Å²) >= 11 is 0. The van der Waals surface area contributed by atoms with Gasteiger partial charge in [0.25, 0.3) is 0 Å². The highest BCUT2D eigenvalue weighted by Gasteiger charge is 2.30. The summed E-state index contributed by atoms with van der Waals surface area (Å²) in [5, 5.41) is 18.6. The molecule has 1 aliphatic heterocycles. The van der Waals surface area contributed by atoms with Crippen LogP contribution in [0.15, 0.2) is 12.4 Å². The second kappa shape index (κ2) is 7.24. The molecule has 1 atom stereocenters. The summed E-state index contributed by atoms with van der Waals surface area (Å²) in [6, 6.07) is -0.119. The lowest BCUT2D eigenvalue weighted by atomic mass is 10.1. The number of imidazole rings is 1. The van der Waals surface area contributed by atoms with Crippen molar-refractivity contribution in [2.24, 2.45) is 7.05 Å². The molecule has 1 N–H and O–H groups in total. The summed E-state index contributed by atoms with van der Waals surface area (Å²) in [6.07, 6.45) is 3.82. The number of amides is 1. The van der Waals surface area contributed by atoms with Gasteiger partial charge in [0.1, 0.15) is 23.3 Å². The first kappa shape index (κ1) is 18.1. The van der Waals surface area contributed by atoms with E-state index in [9.17, 15) is 14.9 Å². The lowest BCUT2D eigenvalue weighted by molar-refractivity contribution is -0.386. The van der Waals surface area contributed by atoms with Gasteiger partial charge in [0.2, 0.25) is 5.91 Å². The molecular weight excluding hydrogens is 338 g/mol. The fourth-order valence-electron chi connectivity index (χ4n) is 3.45. The normalized spacial score (nSPS) is 17.5. The Kier molecular flexibility index (Phi) is 5.03. The number of rotatable bonds is 5. The van der Waals surface area contributed by atoms with Gasteiger partial charge in [-0.1, -0.05) is 0 Å². The first-order valence-corrected chi connectivity index (χ1v) is 8.56. The van der Waals surface area contributed by atoms with Gasteiger partial charge in [0, 0.05) is 45.5 Å². The number of hydrogen-bond acceptors (Lipinski definition) is 6. The van der Waals surface area contributed by atoms with Gasteiger partial charge >= 0.3 is 5.69 Å². The van der Waals surface area contributed by atoms with Crippen LogP contribution < -0.4 is 5.32 Å². The molecule has 0 aliphatic carbocycles. The van der Waals surface area contributed by atoms with Gasteiger partial charge in [-0.2, -0.15) is 5.10 Å². The van der Waals surface area contributed by atoms with Gasteiger partial charge in [0.15, 0.2) is 0 Å². The predicted octanol–water partition coefficient (Wildman–Crippen LogP) is 0.705. The molecule has 3 heterocycles. The van der Waals surface area contributed by atoms with Gasteiger partial charge < -0.3 is 14.8 Å². The maximum Gasteiger partial charge on any atom is 0.312 e. The number of carbonyl (C=O) groups excluding carboxylic acids is 1. The van der Waals surface area contributed by atoms with Crippen molar-refractivity contribution in [1.29, 1.82) is 0 Å². The maximum atomic E-state index is 12.8. The lowest BCUT2D eigenvalue weighted by Gasteiger charge is -2.35. The van der Waals surface area contributed by atoms with Gasteiger partial charge in [-0.15, -0.1) is 0 Å². The minimum atomic E-state index is -0.427. The highest BCUT2D eigenvalue weighted by molar-refractivity contribution is 5.76. The van der Waals surface area contributed by atoms with Gasteiger partial charge in [-0.3, -0.25) is 19.6 Å². The summed E-state index contributed by atoms with van der Waals surface area (Å²) < 4.78 is 3.46. The molecule has 1 fully saturated rings. The molecule has 140 valence electrons. The van der Waals surface area contributed by atoms with E-state index in [2.05, 4.69) is 15.4 Å². The Hall–Kier alpha value is -2.75. The van der Waals surface area contributed by atoms with Gasteiger partial charge in [-0.25, -0.2) is 4.98 Å². The molecular formula is C16H23N7O3. The Balaban J connectivity index is 1.72. The van der Waals surface area contributed by atoms with E-state index >= 15 is 0 Å². The molecule has 1 saturated heterocycles. The lowest BCUT2D eigenvalue weighted by Crippen LogP contribution is -2.49. The third-order valence-electron chi connectivity index (χ3n) is 4.78. The molecule has 0 saturated carbocycles. The van der Waals surface area contributed by atoms with Crippen molar-refractivity contribution in [3.63, 3.8) is 0 Å². The number of piperazine rings is 1.